The lowest BCUT2D eigenvalue weighted by Gasteiger charge is -2.36. The fourth-order valence-corrected chi connectivity index (χ4v) is 5.53. The summed E-state index contributed by atoms with van der Waals surface area (Å²) in [5, 5.41) is 0. The van der Waals surface area contributed by atoms with Gasteiger partial charge in [-0.2, -0.15) is 0 Å². The van der Waals surface area contributed by atoms with E-state index < -0.39 is 0 Å². The van der Waals surface area contributed by atoms with Crippen LogP contribution in [0.3, 0.4) is 0 Å². The molecule has 5 rings (SSSR count). The van der Waals surface area contributed by atoms with Gasteiger partial charge in [0, 0.05) is 19.3 Å². The minimum absolute atomic E-state index is 0.0126. The number of nitrogens with zero attached hydrogens (tertiary/aromatic N) is 4. The number of carbonyl (C=O) groups excluding carboxylic acids is 1. The summed E-state index contributed by atoms with van der Waals surface area (Å²) in [4.78, 5) is 35.7. The number of rotatable bonds is 4. The Morgan fingerprint density at radius 1 is 1.21 bits per heavy atom. The summed E-state index contributed by atoms with van der Waals surface area (Å²) in [6.07, 6.45) is 4.93. The van der Waals surface area contributed by atoms with Crippen LogP contribution in [0.2, 0.25) is 0 Å². The second-order valence-corrected chi connectivity index (χ2v) is 10.3. The predicted molar refractivity (Wildman–Crippen MR) is 136 cm³/mol. The average Bonchev–Trinajstić information content (AvgIpc) is 3.39. The number of hydrogen-bond acceptors (Lipinski definition) is 8. The van der Waals surface area contributed by atoms with Crippen molar-refractivity contribution < 1.29 is 13.9 Å². The Balaban J connectivity index is 1.61. The summed E-state index contributed by atoms with van der Waals surface area (Å²) in [6, 6.07) is 7.32. The van der Waals surface area contributed by atoms with Gasteiger partial charge in [-0.15, -0.1) is 0 Å². The van der Waals surface area contributed by atoms with Crippen LogP contribution in [-0.4, -0.2) is 49.8 Å². The highest BCUT2D eigenvalue weighted by Gasteiger charge is 2.34. The van der Waals surface area contributed by atoms with E-state index in [-0.39, 0.29) is 30.2 Å². The second kappa shape index (κ2) is 9.01. The third-order valence-corrected chi connectivity index (χ3v) is 7.13. The number of aryl methyl sites for hydroxylation is 1. The molecule has 0 N–H and O–H groups in total. The van der Waals surface area contributed by atoms with E-state index in [0.29, 0.717) is 45.1 Å². The van der Waals surface area contributed by atoms with Crippen LogP contribution in [0.5, 0.6) is 0 Å². The second-order valence-electron chi connectivity index (χ2n) is 8.60. The van der Waals surface area contributed by atoms with Gasteiger partial charge in [0.05, 0.1) is 35.5 Å². The van der Waals surface area contributed by atoms with Gasteiger partial charge < -0.3 is 14.1 Å². The van der Waals surface area contributed by atoms with Crippen LogP contribution in [0.15, 0.2) is 50.8 Å². The van der Waals surface area contributed by atoms with Crippen molar-refractivity contribution in [2.75, 3.05) is 18.0 Å². The van der Waals surface area contributed by atoms with Crippen LogP contribution in [0, 0.1) is 6.92 Å². The Morgan fingerprint density at radius 2 is 1.97 bits per heavy atom. The van der Waals surface area contributed by atoms with Crippen LogP contribution in [0.1, 0.15) is 30.7 Å². The zero-order chi connectivity index (χ0) is 24.0. The Hall–Kier alpha value is -2.95. The van der Waals surface area contributed by atoms with Crippen molar-refractivity contribution in [3.8, 4) is 0 Å². The number of thioether (sulfide) groups is 1. The molecule has 2 saturated heterocycles. The summed E-state index contributed by atoms with van der Waals surface area (Å²) in [6.45, 7) is 7.36. The number of fused-ring (bicyclic) bond motifs is 1. The molecule has 176 valence electrons. The van der Waals surface area contributed by atoms with Crippen molar-refractivity contribution in [1.82, 2.24) is 14.3 Å². The molecule has 8 nitrogen and oxygen atoms in total. The van der Waals surface area contributed by atoms with E-state index in [2.05, 4.69) is 4.90 Å². The van der Waals surface area contributed by atoms with Gasteiger partial charge >= 0.3 is 0 Å². The van der Waals surface area contributed by atoms with Gasteiger partial charge in [0.1, 0.15) is 21.5 Å². The lowest BCUT2D eigenvalue weighted by Crippen LogP contribution is -2.46. The first-order chi connectivity index (χ1) is 16.3. The molecule has 5 heterocycles. The van der Waals surface area contributed by atoms with Crippen molar-refractivity contribution in [1.29, 1.82) is 0 Å². The van der Waals surface area contributed by atoms with Crippen molar-refractivity contribution in [2.45, 2.75) is 39.5 Å². The van der Waals surface area contributed by atoms with Crippen molar-refractivity contribution in [3.63, 3.8) is 0 Å². The maximum atomic E-state index is 13.7. The van der Waals surface area contributed by atoms with E-state index in [4.69, 9.17) is 26.4 Å². The zero-order valence-electron chi connectivity index (χ0n) is 19.1. The van der Waals surface area contributed by atoms with Gasteiger partial charge in [0.15, 0.2) is 0 Å². The molecule has 2 aliphatic rings. The number of ether oxygens (including phenoxy) is 1. The maximum Gasteiger partial charge on any atom is 0.267 e. The minimum Gasteiger partial charge on any atom is -0.467 e. The SMILES string of the molecule is Cc1ccc2nc(N3CC(C)OC(C)C3)c(/C=C3/SC(=S)N(Cc4ccco4)C3=O)c(=O)n2c1. The highest BCUT2D eigenvalue weighted by Crippen LogP contribution is 2.35. The molecule has 2 aliphatic heterocycles. The number of anilines is 1. The topological polar surface area (TPSA) is 80.3 Å². The Bertz CT molecular complexity index is 1360. The molecule has 2 fully saturated rings. The quantitative estimate of drug-likeness (QED) is 0.400. The summed E-state index contributed by atoms with van der Waals surface area (Å²) < 4.78 is 13.2. The molecule has 3 aromatic heterocycles. The predicted octanol–water partition coefficient (Wildman–Crippen LogP) is 3.61. The number of hydrogen-bond donors (Lipinski definition) is 0. The maximum absolute atomic E-state index is 13.7. The number of furan rings is 1. The summed E-state index contributed by atoms with van der Waals surface area (Å²) in [7, 11) is 0. The highest BCUT2D eigenvalue weighted by atomic mass is 32.2. The molecule has 2 atom stereocenters. The molecule has 34 heavy (non-hydrogen) atoms. The van der Waals surface area contributed by atoms with E-state index in [0.717, 1.165) is 5.56 Å². The Kier molecular flexibility index (Phi) is 6.05. The molecule has 0 spiro atoms. The molecular weight excluding hydrogens is 472 g/mol. The Morgan fingerprint density at radius 3 is 2.68 bits per heavy atom. The first-order valence-corrected chi connectivity index (χ1v) is 12.2. The van der Waals surface area contributed by atoms with Gasteiger partial charge in [-0.05, 0) is 50.6 Å². The number of amides is 1. The molecule has 0 saturated carbocycles. The fraction of sp³-hybridized carbons (Fsp3) is 0.333. The Labute approximate surface area is 206 Å². The number of pyridine rings is 1. The van der Waals surface area contributed by atoms with E-state index >= 15 is 0 Å². The fourth-order valence-electron chi connectivity index (χ4n) is 4.29. The third-order valence-electron chi connectivity index (χ3n) is 5.75. The first kappa shape index (κ1) is 22.8. The molecule has 0 aromatic carbocycles. The number of aromatic nitrogens is 2. The molecule has 10 heteroatoms. The molecule has 1 amide bonds. The largest absolute Gasteiger partial charge is 0.467 e. The third kappa shape index (κ3) is 4.28. The molecule has 3 aromatic rings. The van der Waals surface area contributed by atoms with Crippen LogP contribution in [0.4, 0.5) is 5.82 Å². The minimum atomic E-state index is -0.255. The van der Waals surface area contributed by atoms with Crippen LogP contribution in [-0.2, 0) is 16.1 Å². The lowest BCUT2D eigenvalue weighted by molar-refractivity contribution is -0.122. The molecule has 0 radical (unpaired) electrons. The van der Waals surface area contributed by atoms with Crippen molar-refractivity contribution >= 4 is 51.7 Å². The summed E-state index contributed by atoms with van der Waals surface area (Å²) in [5.41, 5.74) is 1.63. The zero-order valence-corrected chi connectivity index (χ0v) is 20.7. The number of carbonyl (C=O) groups is 1. The van der Waals surface area contributed by atoms with Crippen LogP contribution >= 0.6 is 24.0 Å². The van der Waals surface area contributed by atoms with Gasteiger partial charge in [0.25, 0.3) is 11.5 Å². The molecule has 0 bridgehead atoms. The van der Waals surface area contributed by atoms with Crippen LogP contribution in [0.25, 0.3) is 11.7 Å². The van der Waals surface area contributed by atoms with E-state index in [1.165, 1.54) is 21.1 Å². The number of thiocarbonyl (C=S) groups is 1. The molecule has 2 unspecified atom stereocenters. The smallest absolute Gasteiger partial charge is 0.267 e. The molecular formula is C24H24N4O4S2. The van der Waals surface area contributed by atoms with E-state index in [1.807, 2.05) is 32.9 Å². The average molecular weight is 497 g/mol. The monoisotopic (exact) mass is 496 g/mol. The van der Waals surface area contributed by atoms with Gasteiger partial charge in [0.2, 0.25) is 0 Å². The lowest BCUT2D eigenvalue weighted by atomic mass is 10.1. The van der Waals surface area contributed by atoms with Gasteiger partial charge in [-0.1, -0.05) is 30.0 Å². The van der Waals surface area contributed by atoms with Crippen molar-refractivity contribution in [2.24, 2.45) is 0 Å². The highest BCUT2D eigenvalue weighted by molar-refractivity contribution is 8.26. The summed E-state index contributed by atoms with van der Waals surface area (Å²) >= 11 is 6.64. The molecule has 0 aliphatic carbocycles. The van der Waals surface area contributed by atoms with Crippen LogP contribution < -0.4 is 10.5 Å². The van der Waals surface area contributed by atoms with E-state index in [1.54, 1.807) is 30.7 Å². The van der Waals surface area contributed by atoms with Gasteiger partial charge in [-0.25, -0.2) is 4.98 Å². The van der Waals surface area contributed by atoms with Gasteiger partial charge in [-0.3, -0.25) is 18.9 Å². The first-order valence-electron chi connectivity index (χ1n) is 11.0. The van der Waals surface area contributed by atoms with E-state index in [9.17, 15) is 9.59 Å². The summed E-state index contributed by atoms with van der Waals surface area (Å²) in [5.74, 6) is 0.930. The normalized spacial score (nSPS) is 22.4. The standard InChI is InChI=1S/C24H24N4O4S2/c1-14-6-7-20-25-21(26-11-15(2)32-16(3)12-26)18(22(29)27(20)10-14)9-19-23(30)28(24(33)34-19)13-17-5-4-8-31-17/h4-10,15-16H,11-13H2,1-3H3/b19-9+. The number of morpholine rings is 1. The van der Waals surface area contributed by atoms with Crippen molar-refractivity contribution in [3.05, 3.63) is 68.9 Å².